The quantitative estimate of drug-likeness (QED) is 0.756. The lowest BCUT2D eigenvalue weighted by Crippen LogP contribution is -2.29. The number of carbonyl (C=O) groups excluding carboxylic acids is 1. The van der Waals surface area contributed by atoms with Gasteiger partial charge < -0.3 is 10.4 Å². The molecule has 1 atom stereocenters. The van der Waals surface area contributed by atoms with Gasteiger partial charge in [-0.2, -0.15) is 0 Å². The van der Waals surface area contributed by atoms with Gasteiger partial charge in [0.1, 0.15) is 5.01 Å². The predicted octanol–water partition coefficient (Wildman–Crippen LogP) is 3.18. The molecular formula is C18H13N3O3S. The summed E-state index contributed by atoms with van der Waals surface area (Å²) < 4.78 is 0. The molecule has 1 amide bonds. The number of nitrogens with zero attached hydrogens (tertiary/aromatic N) is 2. The molecule has 1 aromatic carbocycles. The lowest BCUT2D eigenvalue weighted by atomic mass is 9.88. The monoisotopic (exact) mass is 351 g/mol. The van der Waals surface area contributed by atoms with E-state index in [0.717, 1.165) is 10.6 Å². The van der Waals surface area contributed by atoms with Crippen LogP contribution in [0.4, 0.5) is 5.69 Å². The van der Waals surface area contributed by atoms with E-state index in [1.54, 1.807) is 30.6 Å². The standard InChI is InChI=1S/C18H13N3O3S/c22-16-13(8-12-11(18(23)24)2-1-3-14(12)20-16)15-9-25-17(21-15)10-4-6-19-7-5-10/h1-7,9,13H,8H2,(H,20,22)(H,23,24). The number of aromatic carboxylic acids is 1. The largest absolute Gasteiger partial charge is 0.478 e. The Labute approximate surface area is 147 Å². The topological polar surface area (TPSA) is 92.2 Å². The lowest BCUT2D eigenvalue weighted by molar-refractivity contribution is -0.117. The minimum Gasteiger partial charge on any atom is -0.478 e. The maximum atomic E-state index is 12.5. The zero-order chi connectivity index (χ0) is 17.4. The first-order chi connectivity index (χ1) is 12.1. The van der Waals surface area contributed by atoms with Crippen LogP contribution in [0.1, 0.15) is 27.5 Å². The van der Waals surface area contributed by atoms with Gasteiger partial charge in [-0.1, -0.05) is 6.07 Å². The first-order valence-electron chi connectivity index (χ1n) is 7.65. The van der Waals surface area contributed by atoms with Crippen LogP contribution in [0, 0.1) is 0 Å². The van der Waals surface area contributed by atoms with E-state index in [0.29, 0.717) is 23.4 Å². The maximum Gasteiger partial charge on any atom is 0.336 e. The van der Waals surface area contributed by atoms with Crippen molar-refractivity contribution < 1.29 is 14.7 Å². The Bertz CT molecular complexity index is 969. The summed E-state index contributed by atoms with van der Waals surface area (Å²) in [6.07, 6.45) is 3.71. The van der Waals surface area contributed by atoms with Crippen LogP contribution >= 0.6 is 11.3 Å². The number of anilines is 1. The molecule has 0 aliphatic carbocycles. The van der Waals surface area contributed by atoms with E-state index in [9.17, 15) is 14.7 Å². The molecule has 4 rings (SSSR count). The Morgan fingerprint density at radius 3 is 2.80 bits per heavy atom. The predicted molar refractivity (Wildman–Crippen MR) is 93.8 cm³/mol. The van der Waals surface area contributed by atoms with Crippen molar-refractivity contribution in [2.45, 2.75) is 12.3 Å². The van der Waals surface area contributed by atoms with E-state index in [1.807, 2.05) is 17.5 Å². The molecule has 1 aliphatic heterocycles. The highest BCUT2D eigenvalue weighted by molar-refractivity contribution is 7.13. The molecule has 124 valence electrons. The third-order valence-electron chi connectivity index (χ3n) is 4.20. The van der Waals surface area contributed by atoms with Crippen LogP contribution in [0.2, 0.25) is 0 Å². The number of carboxylic acids is 1. The van der Waals surface area contributed by atoms with Crippen LogP contribution in [0.5, 0.6) is 0 Å². The van der Waals surface area contributed by atoms with E-state index in [2.05, 4.69) is 15.3 Å². The SMILES string of the molecule is O=C(O)c1cccc2c1CC(c1csc(-c3ccncc3)n1)C(=O)N2. The van der Waals surface area contributed by atoms with Crippen LogP contribution in [0.15, 0.2) is 48.1 Å². The van der Waals surface area contributed by atoms with Crippen LogP contribution in [-0.4, -0.2) is 27.0 Å². The number of carboxylic acid groups (broad SMARTS) is 1. The molecule has 0 saturated heterocycles. The van der Waals surface area contributed by atoms with Gasteiger partial charge in [-0.05, 0) is 36.2 Å². The van der Waals surface area contributed by atoms with Crippen LogP contribution < -0.4 is 5.32 Å². The minimum absolute atomic E-state index is 0.165. The fraction of sp³-hybridized carbons (Fsp3) is 0.111. The van der Waals surface area contributed by atoms with Crippen molar-refractivity contribution in [1.29, 1.82) is 0 Å². The average Bonchev–Trinajstić information content (AvgIpc) is 3.11. The van der Waals surface area contributed by atoms with E-state index in [4.69, 9.17) is 0 Å². The summed E-state index contributed by atoms with van der Waals surface area (Å²) in [6, 6.07) is 8.63. The number of benzene rings is 1. The van der Waals surface area contributed by atoms with Crippen LogP contribution in [-0.2, 0) is 11.2 Å². The van der Waals surface area contributed by atoms with Gasteiger partial charge in [-0.3, -0.25) is 9.78 Å². The summed E-state index contributed by atoms with van der Waals surface area (Å²) in [7, 11) is 0. The molecule has 2 N–H and O–H groups in total. The van der Waals surface area contributed by atoms with Crippen molar-refractivity contribution >= 4 is 28.9 Å². The Balaban J connectivity index is 1.70. The number of pyridine rings is 1. The van der Waals surface area contributed by atoms with Crippen molar-refractivity contribution in [2.24, 2.45) is 0 Å². The molecule has 7 heteroatoms. The Morgan fingerprint density at radius 2 is 2.04 bits per heavy atom. The lowest BCUT2D eigenvalue weighted by Gasteiger charge is -2.24. The van der Waals surface area contributed by atoms with Gasteiger partial charge in [0.25, 0.3) is 0 Å². The summed E-state index contributed by atoms with van der Waals surface area (Å²) in [5.41, 5.74) is 3.00. The molecule has 0 spiro atoms. The summed E-state index contributed by atoms with van der Waals surface area (Å²) in [6.45, 7) is 0. The number of hydrogen-bond acceptors (Lipinski definition) is 5. The van der Waals surface area contributed by atoms with E-state index >= 15 is 0 Å². The van der Waals surface area contributed by atoms with Gasteiger partial charge in [0, 0.05) is 29.0 Å². The van der Waals surface area contributed by atoms with Gasteiger partial charge in [0.05, 0.1) is 17.2 Å². The molecular weight excluding hydrogens is 338 g/mol. The molecule has 1 unspecified atom stereocenters. The van der Waals surface area contributed by atoms with Gasteiger partial charge in [-0.15, -0.1) is 11.3 Å². The summed E-state index contributed by atoms with van der Waals surface area (Å²) in [5.74, 6) is -1.66. The van der Waals surface area contributed by atoms with Gasteiger partial charge in [0.2, 0.25) is 5.91 Å². The van der Waals surface area contributed by atoms with Gasteiger partial charge >= 0.3 is 5.97 Å². The number of thiazole rings is 1. The number of fused-ring (bicyclic) bond motifs is 1. The highest BCUT2D eigenvalue weighted by Crippen LogP contribution is 2.35. The maximum absolute atomic E-state index is 12.5. The smallest absolute Gasteiger partial charge is 0.336 e. The third kappa shape index (κ3) is 2.78. The van der Waals surface area contributed by atoms with Crippen molar-refractivity contribution in [3.8, 4) is 10.6 Å². The normalized spacial score (nSPS) is 16.2. The number of carbonyl (C=O) groups is 2. The summed E-state index contributed by atoms with van der Waals surface area (Å²) >= 11 is 1.45. The highest BCUT2D eigenvalue weighted by Gasteiger charge is 2.32. The average molecular weight is 351 g/mol. The fourth-order valence-corrected chi connectivity index (χ4v) is 3.83. The molecule has 3 heterocycles. The van der Waals surface area contributed by atoms with Crippen molar-refractivity contribution in [1.82, 2.24) is 9.97 Å². The second-order valence-corrected chi connectivity index (χ2v) is 6.55. The molecule has 0 saturated carbocycles. The molecule has 0 bridgehead atoms. The molecule has 0 radical (unpaired) electrons. The molecule has 0 fully saturated rings. The van der Waals surface area contributed by atoms with Crippen LogP contribution in [0.3, 0.4) is 0 Å². The van der Waals surface area contributed by atoms with Crippen molar-refractivity contribution in [3.63, 3.8) is 0 Å². The second kappa shape index (κ2) is 6.10. The summed E-state index contributed by atoms with van der Waals surface area (Å²) in [5, 5.41) is 14.9. The molecule has 2 aromatic heterocycles. The number of aromatic nitrogens is 2. The third-order valence-corrected chi connectivity index (χ3v) is 5.10. The molecule has 1 aliphatic rings. The second-order valence-electron chi connectivity index (χ2n) is 5.70. The van der Waals surface area contributed by atoms with Crippen molar-refractivity contribution in [3.05, 3.63) is 64.9 Å². The Kier molecular flexibility index (Phi) is 3.77. The first kappa shape index (κ1) is 15.5. The highest BCUT2D eigenvalue weighted by atomic mass is 32.1. The minimum atomic E-state index is -0.998. The zero-order valence-electron chi connectivity index (χ0n) is 13.0. The zero-order valence-corrected chi connectivity index (χ0v) is 13.8. The fourth-order valence-electron chi connectivity index (χ4n) is 2.95. The van der Waals surface area contributed by atoms with E-state index < -0.39 is 11.9 Å². The molecule has 6 nitrogen and oxygen atoms in total. The molecule has 3 aromatic rings. The first-order valence-corrected chi connectivity index (χ1v) is 8.53. The van der Waals surface area contributed by atoms with Crippen LogP contribution in [0.25, 0.3) is 10.6 Å². The number of amides is 1. The number of rotatable bonds is 3. The number of hydrogen-bond donors (Lipinski definition) is 2. The van der Waals surface area contributed by atoms with E-state index in [-0.39, 0.29) is 11.5 Å². The Hall–Kier alpha value is -3.06. The summed E-state index contributed by atoms with van der Waals surface area (Å²) in [4.78, 5) is 32.5. The molecule has 25 heavy (non-hydrogen) atoms. The van der Waals surface area contributed by atoms with E-state index in [1.165, 1.54) is 11.3 Å². The van der Waals surface area contributed by atoms with Gasteiger partial charge in [-0.25, -0.2) is 9.78 Å². The Morgan fingerprint density at radius 1 is 1.24 bits per heavy atom. The number of nitrogens with one attached hydrogen (secondary N) is 1. The van der Waals surface area contributed by atoms with Crippen molar-refractivity contribution in [2.75, 3.05) is 5.32 Å². The van der Waals surface area contributed by atoms with Gasteiger partial charge in [0.15, 0.2) is 0 Å².